The van der Waals surface area contributed by atoms with Gasteiger partial charge in [0.15, 0.2) is 5.16 Å². The highest BCUT2D eigenvalue weighted by Crippen LogP contribution is 2.28. The molecule has 7 nitrogen and oxygen atoms in total. The van der Waals surface area contributed by atoms with Crippen molar-refractivity contribution >= 4 is 34.5 Å². The maximum absolute atomic E-state index is 13.1. The molecule has 4 rings (SSSR count). The molecule has 0 saturated carbocycles. The van der Waals surface area contributed by atoms with Crippen LogP contribution in [0.5, 0.6) is 0 Å². The molecule has 3 aromatic heterocycles. The lowest BCUT2D eigenvalue weighted by molar-refractivity contribution is -0.135. The summed E-state index contributed by atoms with van der Waals surface area (Å²) in [7, 11) is 0. The van der Waals surface area contributed by atoms with Crippen LogP contribution in [0.4, 0.5) is 0 Å². The van der Waals surface area contributed by atoms with Crippen LogP contribution in [-0.4, -0.2) is 47.0 Å². The average molecular weight is 423 g/mol. The standard InChI is InChI=1S/C22H26N6OS/c1-15(2)27(16(3)4)20(29)13-26-18-9-5-6-10-19(18)28-21(26)24-25-22(28)30-14-17-8-7-11-23-12-17/h5-12,15-16H,13-14H2,1-4H3. The van der Waals surface area contributed by atoms with Crippen molar-refractivity contribution in [1.82, 2.24) is 29.0 Å². The van der Waals surface area contributed by atoms with Crippen LogP contribution in [0.1, 0.15) is 33.3 Å². The molecule has 0 aliphatic rings. The Kier molecular flexibility index (Phi) is 5.76. The summed E-state index contributed by atoms with van der Waals surface area (Å²) in [6.45, 7) is 8.42. The van der Waals surface area contributed by atoms with Gasteiger partial charge in [0.2, 0.25) is 11.7 Å². The maximum Gasteiger partial charge on any atom is 0.243 e. The Morgan fingerprint density at radius 3 is 2.43 bits per heavy atom. The molecule has 1 amide bonds. The van der Waals surface area contributed by atoms with Crippen molar-refractivity contribution in [3.8, 4) is 0 Å². The van der Waals surface area contributed by atoms with Crippen LogP contribution < -0.4 is 0 Å². The van der Waals surface area contributed by atoms with Gasteiger partial charge in [0.25, 0.3) is 0 Å². The third-order valence-electron chi connectivity index (χ3n) is 5.06. The molecule has 3 heterocycles. The highest BCUT2D eigenvalue weighted by atomic mass is 32.2. The molecule has 0 bridgehead atoms. The highest BCUT2D eigenvalue weighted by Gasteiger charge is 2.24. The van der Waals surface area contributed by atoms with Crippen LogP contribution in [0, 0.1) is 0 Å². The van der Waals surface area contributed by atoms with Gasteiger partial charge in [0.05, 0.1) is 11.0 Å². The van der Waals surface area contributed by atoms with E-state index in [1.54, 1.807) is 18.0 Å². The van der Waals surface area contributed by atoms with E-state index in [4.69, 9.17) is 0 Å². The molecule has 0 N–H and O–H groups in total. The predicted octanol–water partition coefficient (Wildman–Crippen LogP) is 4.02. The molecule has 0 saturated heterocycles. The van der Waals surface area contributed by atoms with Crippen LogP contribution in [0.3, 0.4) is 0 Å². The van der Waals surface area contributed by atoms with E-state index >= 15 is 0 Å². The molecule has 0 unspecified atom stereocenters. The number of benzene rings is 1. The Morgan fingerprint density at radius 1 is 1.03 bits per heavy atom. The first-order chi connectivity index (χ1) is 14.5. The Bertz CT molecular complexity index is 1160. The summed E-state index contributed by atoms with van der Waals surface area (Å²) in [5.41, 5.74) is 3.11. The van der Waals surface area contributed by atoms with Gasteiger partial charge in [0.1, 0.15) is 6.54 Å². The van der Waals surface area contributed by atoms with E-state index in [2.05, 4.69) is 15.2 Å². The first-order valence-electron chi connectivity index (χ1n) is 10.1. The van der Waals surface area contributed by atoms with Gasteiger partial charge < -0.3 is 4.90 Å². The summed E-state index contributed by atoms with van der Waals surface area (Å²) >= 11 is 1.61. The average Bonchev–Trinajstić information content (AvgIpc) is 3.26. The number of hydrogen-bond acceptors (Lipinski definition) is 5. The second-order valence-corrected chi connectivity index (χ2v) is 8.77. The fraction of sp³-hybridized carbons (Fsp3) is 0.364. The summed E-state index contributed by atoms with van der Waals surface area (Å²) in [5.74, 6) is 1.52. The van der Waals surface area contributed by atoms with E-state index in [0.29, 0.717) is 5.78 Å². The first kappa shape index (κ1) is 20.4. The van der Waals surface area contributed by atoms with Crippen LogP contribution in [0.25, 0.3) is 16.8 Å². The number of aromatic nitrogens is 5. The van der Waals surface area contributed by atoms with Gasteiger partial charge in [-0.15, -0.1) is 10.2 Å². The van der Waals surface area contributed by atoms with E-state index in [1.807, 2.05) is 84.2 Å². The van der Waals surface area contributed by atoms with Gasteiger partial charge in [-0.2, -0.15) is 0 Å². The molecule has 0 aliphatic heterocycles. The van der Waals surface area contributed by atoms with Gasteiger partial charge in [0, 0.05) is 30.2 Å². The second-order valence-electron chi connectivity index (χ2n) is 7.83. The van der Waals surface area contributed by atoms with Crippen LogP contribution in [0.2, 0.25) is 0 Å². The van der Waals surface area contributed by atoms with Gasteiger partial charge in [-0.25, -0.2) is 0 Å². The van der Waals surface area contributed by atoms with Crippen molar-refractivity contribution in [3.63, 3.8) is 0 Å². The number of carbonyl (C=O) groups excluding carboxylic acids is 1. The number of amides is 1. The second kappa shape index (κ2) is 8.47. The summed E-state index contributed by atoms with van der Waals surface area (Å²) in [6, 6.07) is 12.3. The lowest BCUT2D eigenvalue weighted by Crippen LogP contribution is -2.43. The molecule has 0 fully saturated rings. The molecular weight excluding hydrogens is 396 g/mol. The molecule has 0 atom stereocenters. The summed E-state index contributed by atoms with van der Waals surface area (Å²) in [4.78, 5) is 19.2. The van der Waals surface area contributed by atoms with E-state index in [1.165, 1.54) is 0 Å². The number of imidazole rings is 1. The topological polar surface area (TPSA) is 68.3 Å². The van der Waals surface area contributed by atoms with Crippen LogP contribution in [-0.2, 0) is 17.1 Å². The Labute approximate surface area is 180 Å². The van der Waals surface area contributed by atoms with Crippen molar-refractivity contribution in [1.29, 1.82) is 0 Å². The minimum absolute atomic E-state index is 0.0795. The van der Waals surface area contributed by atoms with Crippen LogP contribution in [0.15, 0.2) is 53.9 Å². The number of hydrogen-bond donors (Lipinski definition) is 0. The molecule has 0 radical (unpaired) electrons. The molecule has 4 aromatic rings. The van der Waals surface area contributed by atoms with Gasteiger partial charge in [-0.05, 0) is 51.5 Å². The van der Waals surface area contributed by atoms with Crippen molar-refractivity contribution in [3.05, 3.63) is 54.4 Å². The SMILES string of the molecule is CC(C)N(C(=O)Cn1c2ccccc2n2c(SCc3cccnc3)nnc12)C(C)C. The number of thioether (sulfide) groups is 1. The molecule has 8 heteroatoms. The highest BCUT2D eigenvalue weighted by molar-refractivity contribution is 7.98. The predicted molar refractivity (Wildman–Crippen MR) is 119 cm³/mol. The first-order valence-corrected chi connectivity index (χ1v) is 11.1. The molecular formula is C22H26N6OS. The van der Waals surface area contributed by atoms with E-state index in [-0.39, 0.29) is 24.5 Å². The van der Waals surface area contributed by atoms with Gasteiger partial charge in [-0.3, -0.25) is 18.7 Å². The van der Waals surface area contributed by atoms with E-state index < -0.39 is 0 Å². The molecule has 0 aliphatic carbocycles. The summed E-state index contributed by atoms with van der Waals surface area (Å²) in [5, 5.41) is 9.66. The van der Waals surface area contributed by atoms with E-state index in [9.17, 15) is 4.79 Å². The fourth-order valence-corrected chi connectivity index (χ4v) is 4.78. The van der Waals surface area contributed by atoms with Gasteiger partial charge >= 0.3 is 0 Å². The number of para-hydroxylation sites is 2. The normalized spacial score (nSPS) is 11.8. The fourth-order valence-electron chi connectivity index (χ4n) is 3.91. The van der Waals surface area contributed by atoms with Gasteiger partial charge in [-0.1, -0.05) is 30.0 Å². The molecule has 0 spiro atoms. The zero-order valence-electron chi connectivity index (χ0n) is 17.7. The largest absolute Gasteiger partial charge is 0.336 e. The zero-order chi connectivity index (χ0) is 21.3. The number of rotatable bonds is 7. The van der Waals surface area contributed by atoms with Crippen molar-refractivity contribution in [2.24, 2.45) is 0 Å². The zero-order valence-corrected chi connectivity index (χ0v) is 18.5. The number of fused-ring (bicyclic) bond motifs is 3. The third-order valence-corrected chi connectivity index (χ3v) is 6.06. The Balaban J connectivity index is 1.71. The molecule has 156 valence electrons. The minimum Gasteiger partial charge on any atom is -0.336 e. The lowest BCUT2D eigenvalue weighted by atomic mass is 10.2. The number of nitrogens with zero attached hydrogens (tertiary/aromatic N) is 6. The molecule has 30 heavy (non-hydrogen) atoms. The summed E-state index contributed by atoms with van der Waals surface area (Å²) in [6.07, 6.45) is 3.63. The number of pyridine rings is 1. The Morgan fingerprint density at radius 2 is 1.77 bits per heavy atom. The lowest BCUT2D eigenvalue weighted by Gasteiger charge is -2.31. The maximum atomic E-state index is 13.1. The quantitative estimate of drug-likeness (QED) is 0.421. The molecule has 1 aromatic carbocycles. The van der Waals surface area contributed by atoms with E-state index in [0.717, 1.165) is 27.5 Å². The number of carbonyl (C=O) groups is 1. The summed E-state index contributed by atoms with van der Waals surface area (Å²) < 4.78 is 4.01. The smallest absolute Gasteiger partial charge is 0.243 e. The third kappa shape index (κ3) is 3.79. The Hall–Kier alpha value is -2.87. The van der Waals surface area contributed by atoms with Crippen molar-refractivity contribution < 1.29 is 4.79 Å². The van der Waals surface area contributed by atoms with Crippen molar-refractivity contribution in [2.45, 2.75) is 57.2 Å². The van der Waals surface area contributed by atoms with Crippen molar-refractivity contribution in [2.75, 3.05) is 0 Å². The van der Waals surface area contributed by atoms with Crippen LogP contribution >= 0.6 is 11.8 Å². The monoisotopic (exact) mass is 422 g/mol. The minimum atomic E-state index is 0.0795.